The molecule has 1 N–H and O–H groups in total. The Morgan fingerprint density at radius 2 is 2.33 bits per heavy atom. The molecule has 1 unspecified atom stereocenters. The Balaban J connectivity index is 2.36. The fourth-order valence-electron chi connectivity index (χ4n) is 2.02. The molecule has 0 aromatic rings. The van der Waals surface area contributed by atoms with Crippen LogP contribution in [0.3, 0.4) is 0 Å². The summed E-state index contributed by atoms with van der Waals surface area (Å²) in [5.74, 6) is -0.107. The average molecular weight is 214 g/mol. The van der Waals surface area contributed by atoms with Crippen LogP contribution in [0.2, 0.25) is 0 Å². The third kappa shape index (κ3) is 4.18. The van der Waals surface area contributed by atoms with E-state index in [9.17, 15) is 4.79 Å². The SMILES string of the molecule is CCOC(=O)CN(CC)C1CCCNC1. The molecule has 4 heteroatoms. The van der Waals surface area contributed by atoms with Crippen LogP contribution in [0, 0.1) is 0 Å². The van der Waals surface area contributed by atoms with E-state index in [0.717, 1.165) is 19.6 Å². The second-order valence-electron chi connectivity index (χ2n) is 3.87. The van der Waals surface area contributed by atoms with Crippen LogP contribution in [0.15, 0.2) is 0 Å². The zero-order valence-corrected chi connectivity index (χ0v) is 9.79. The van der Waals surface area contributed by atoms with Crippen molar-refractivity contribution in [3.63, 3.8) is 0 Å². The van der Waals surface area contributed by atoms with Crippen LogP contribution in [0.1, 0.15) is 26.7 Å². The number of ether oxygens (including phenoxy) is 1. The standard InChI is InChI=1S/C11H22N2O2/c1-3-13(9-11(14)15-4-2)10-6-5-7-12-8-10/h10,12H,3-9H2,1-2H3. The van der Waals surface area contributed by atoms with Crippen LogP contribution in [-0.4, -0.2) is 49.7 Å². The van der Waals surface area contributed by atoms with Crippen LogP contribution in [0.5, 0.6) is 0 Å². The van der Waals surface area contributed by atoms with Crippen LogP contribution in [0.25, 0.3) is 0 Å². The Bertz CT molecular complexity index is 191. The van der Waals surface area contributed by atoms with Crippen molar-refractivity contribution in [3.05, 3.63) is 0 Å². The van der Waals surface area contributed by atoms with Gasteiger partial charge in [-0.1, -0.05) is 6.92 Å². The molecule has 1 rings (SSSR count). The van der Waals surface area contributed by atoms with Crippen molar-refractivity contribution in [3.8, 4) is 0 Å². The van der Waals surface area contributed by atoms with Gasteiger partial charge in [-0.2, -0.15) is 0 Å². The number of likely N-dealkylation sites (N-methyl/N-ethyl adjacent to an activating group) is 1. The van der Waals surface area contributed by atoms with E-state index in [4.69, 9.17) is 4.74 Å². The van der Waals surface area contributed by atoms with Crippen LogP contribution >= 0.6 is 0 Å². The summed E-state index contributed by atoms with van der Waals surface area (Å²) >= 11 is 0. The molecule has 0 spiro atoms. The van der Waals surface area contributed by atoms with Gasteiger partial charge < -0.3 is 10.1 Å². The minimum absolute atomic E-state index is 0.107. The van der Waals surface area contributed by atoms with Gasteiger partial charge in [0, 0.05) is 12.6 Å². The van der Waals surface area contributed by atoms with E-state index in [0.29, 0.717) is 19.2 Å². The maximum absolute atomic E-state index is 11.4. The first kappa shape index (κ1) is 12.5. The van der Waals surface area contributed by atoms with E-state index in [1.807, 2.05) is 6.92 Å². The normalized spacial score (nSPS) is 21.7. The third-order valence-corrected chi connectivity index (χ3v) is 2.83. The highest BCUT2D eigenvalue weighted by atomic mass is 16.5. The van der Waals surface area contributed by atoms with Gasteiger partial charge in [0.15, 0.2) is 0 Å². The Hall–Kier alpha value is -0.610. The van der Waals surface area contributed by atoms with E-state index in [1.54, 1.807) is 0 Å². The molecule has 0 saturated carbocycles. The average Bonchev–Trinajstić information content (AvgIpc) is 2.27. The van der Waals surface area contributed by atoms with Crippen molar-refractivity contribution in [2.24, 2.45) is 0 Å². The van der Waals surface area contributed by atoms with Crippen molar-refractivity contribution >= 4 is 5.97 Å². The molecule has 15 heavy (non-hydrogen) atoms. The molecule has 1 saturated heterocycles. The Kier molecular flexibility index (Phi) is 5.65. The van der Waals surface area contributed by atoms with Crippen molar-refractivity contribution in [2.45, 2.75) is 32.7 Å². The Labute approximate surface area is 92.0 Å². The highest BCUT2D eigenvalue weighted by molar-refractivity contribution is 5.71. The number of nitrogens with one attached hydrogen (secondary N) is 1. The lowest BCUT2D eigenvalue weighted by Crippen LogP contribution is -2.47. The minimum Gasteiger partial charge on any atom is -0.465 e. The number of hydrogen-bond acceptors (Lipinski definition) is 4. The number of carbonyl (C=O) groups is 1. The van der Waals surface area contributed by atoms with Gasteiger partial charge in [0.2, 0.25) is 0 Å². The Morgan fingerprint density at radius 3 is 2.87 bits per heavy atom. The van der Waals surface area contributed by atoms with E-state index in [1.165, 1.54) is 12.8 Å². The first-order chi connectivity index (χ1) is 7.27. The molecule has 0 bridgehead atoms. The van der Waals surface area contributed by atoms with Gasteiger partial charge >= 0.3 is 5.97 Å². The molecule has 1 heterocycles. The number of rotatable bonds is 5. The first-order valence-electron chi connectivity index (χ1n) is 5.88. The number of hydrogen-bond donors (Lipinski definition) is 1. The maximum Gasteiger partial charge on any atom is 0.320 e. The molecule has 0 aliphatic carbocycles. The lowest BCUT2D eigenvalue weighted by Gasteiger charge is -2.33. The number of esters is 1. The van der Waals surface area contributed by atoms with Gasteiger partial charge in [0.25, 0.3) is 0 Å². The highest BCUT2D eigenvalue weighted by Gasteiger charge is 2.21. The summed E-state index contributed by atoms with van der Waals surface area (Å²) in [5, 5.41) is 3.36. The first-order valence-corrected chi connectivity index (χ1v) is 5.88. The monoisotopic (exact) mass is 214 g/mol. The van der Waals surface area contributed by atoms with Gasteiger partial charge in [-0.3, -0.25) is 9.69 Å². The fourth-order valence-corrected chi connectivity index (χ4v) is 2.02. The number of nitrogens with zero attached hydrogens (tertiary/aromatic N) is 1. The second-order valence-corrected chi connectivity index (χ2v) is 3.87. The molecule has 4 nitrogen and oxygen atoms in total. The molecule has 1 atom stereocenters. The second kappa shape index (κ2) is 6.80. The van der Waals surface area contributed by atoms with Gasteiger partial charge in [-0.05, 0) is 32.9 Å². The van der Waals surface area contributed by atoms with Crippen molar-refractivity contribution in [2.75, 3.05) is 32.8 Å². The maximum atomic E-state index is 11.4. The lowest BCUT2D eigenvalue weighted by atomic mass is 10.1. The molecule has 1 aliphatic rings. The quantitative estimate of drug-likeness (QED) is 0.681. The van der Waals surface area contributed by atoms with Crippen LogP contribution in [0.4, 0.5) is 0 Å². The predicted octanol–water partition coefficient (Wildman–Crippen LogP) is 0.623. The number of carbonyl (C=O) groups excluding carboxylic acids is 1. The molecule has 1 fully saturated rings. The summed E-state index contributed by atoms with van der Waals surface area (Å²) in [6.07, 6.45) is 2.38. The van der Waals surface area contributed by atoms with E-state index >= 15 is 0 Å². The largest absolute Gasteiger partial charge is 0.465 e. The van der Waals surface area contributed by atoms with Gasteiger partial charge in [-0.15, -0.1) is 0 Å². The zero-order chi connectivity index (χ0) is 11.1. The van der Waals surface area contributed by atoms with Gasteiger partial charge in [0.1, 0.15) is 0 Å². The summed E-state index contributed by atoms with van der Waals surface area (Å²) in [6, 6.07) is 0.494. The summed E-state index contributed by atoms with van der Waals surface area (Å²) in [7, 11) is 0. The third-order valence-electron chi connectivity index (χ3n) is 2.83. The van der Waals surface area contributed by atoms with Crippen LogP contribution in [-0.2, 0) is 9.53 Å². The van der Waals surface area contributed by atoms with Gasteiger partial charge in [0.05, 0.1) is 13.2 Å². The molecule has 88 valence electrons. The summed E-state index contributed by atoms with van der Waals surface area (Å²) in [6.45, 7) is 7.84. The molecule has 0 aromatic carbocycles. The molecule has 0 amide bonds. The summed E-state index contributed by atoms with van der Waals surface area (Å²) in [4.78, 5) is 13.6. The molecule has 1 aliphatic heterocycles. The van der Waals surface area contributed by atoms with Crippen LogP contribution < -0.4 is 5.32 Å². The summed E-state index contributed by atoms with van der Waals surface area (Å²) < 4.78 is 4.96. The minimum atomic E-state index is -0.107. The van der Waals surface area contributed by atoms with Crippen molar-refractivity contribution in [1.82, 2.24) is 10.2 Å². The van der Waals surface area contributed by atoms with E-state index in [-0.39, 0.29) is 5.97 Å². The Morgan fingerprint density at radius 1 is 1.53 bits per heavy atom. The number of piperidine rings is 1. The molecular weight excluding hydrogens is 192 g/mol. The lowest BCUT2D eigenvalue weighted by molar-refractivity contribution is -0.145. The summed E-state index contributed by atoms with van der Waals surface area (Å²) in [5.41, 5.74) is 0. The van der Waals surface area contributed by atoms with Crippen molar-refractivity contribution < 1.29 is 9.53 Å². The molecule has 0 radical (unpaired) electrons. The molecule has 0 aromatic heterocycles. The van der Waals surface area contributed by atoms with E-state index < -0.39 is 0 Å². The highest BCUT2D eigenvalue weighted by Crippen LogP contribution is 2.09. The molecular formula is C11H22N2O2. The predicted molar refractivity (Wildman–Crippen MR) is 59.8 cm³/mol. The van der Waals surface area contributed by atoms with Gasteiger partial charge in [-0.25, -0.2) is 0 Å². The smallest absolute Gasteiger partial charge is 0.320 e. The van der Waals surface area contributed by atoms with E-state index in [2.05, 4.69) is 17.1 Å². The fraction of sp³-hybridized carbons (Fsp3) is 0.909. The van der Waals surface area contributed by atoms with Crippen molar-refractivity contribution in [1.29, 1.82) is 0 Å². The zero-order valence-electron chi connectivity index (χ0n) is 9.79. The topological polar surface area (TPSA) is 41.6 Å².